The van der Waals surface area contributed by atoms with Crippen LogP contribution in [0.3, 0.4) is 0 Å². The zero-order valence-electron chi connectivity index (χ0n) is 11.7. The number of fused-ring (bicyclic) bond motifs is 1. The Morgan fingerprint density at radius 2 is 1.50 bits per heavy atom. The second kappa shape index (κ2) is 5.81. The van der Waals surface area contributed by atoms with Crippen molar-refractivity contribution < 1.29 is 19.1 Å². The Morgan fingerprint density at radius 3 is 2.14 bits per heavy atom. The lowest BCUT2D eigenvalue weighted by molar-refractivity contribution is 0.0630. The topological polar surface area (TPSA) is 63.7 Å². The number of amides is 2. The van der Waals surface area contributed by atoms with Gasteiger partial charge in [0.05, 0.1) is 23.2 Å². The number of benzene rings is 2. The predicted octanol–water partition coefficient (Wildman–Crippen LogP) is 2.17. The van der Waals surface area contributed by atoms with Crippen LogP contribution in [0.25, 0.3) is 0 Å². The number of imide groups is 1. The minimum Gasteiger partial charge on any atom is -0.491 e. The maximum Gasteiger partial charge on any atom is 0.261 e. The number of aldehydes is 1. The van der Waals surface area contributed by atoms with Crippen LogP contribution in [0.2, 0.25) is 0 Å². The highest BCUT2D eigenvalue weighted by Crippen LogP contribution is 2.22. The van der Waals surface area contributed by atoms with E-state index in [0.29, 0.717) is 28.7 Å². The number of carbonyl (C=O) groups excluding carboxylic acids is 3. The molecule has 0 spiro atoms. The molecule has 0 atom stereocenters. The van der Waals surface area contributed by atoms with Crippen molar-refractivity contribution in [2.24, 2.45) is 0 Å². The molecule has 110 valence electrons. The Kier molecular flexibility index (Phi) is 3.70. The van der Waals surface area contributed by atoms with E-state index in [4.69, 9.17) is 4.74 Å². The van der Waals surface area contributed by atoms with Crippen LogP contribution in [0.1, 0.15) is 31.1 Å². The second-order valence-corrected chi connectivity index (χ2v) is 4.81. The largest absolute Gasteiger partial charge is 0.491 e. The van der Waals surface area contributed by atoms with Gasteiger partial charge >= 0.3 is 0 Å². The molecule has 5 heteroatoms. The fraction of sp³-hybridized carbons (Fsp3) is 0.118. The van der Waals surface area contributed by atoms with Gasteiger partial charge < -0.3 is 4.74 Å². The summed E-state index contributed by atoms with van der Waals surface area (Å²) in [6, 6.07) is 13.5. The van der Waals surface area contributed by atoms with E-state index in [1.54, 1.807) is 48.5 Å². The number of nitrogens with zero attached hydrogens (tertiary/aromatic N) is 1. The van der Waals surface area contributed by atoms with Crippen LogP contribution in [-0.4, -0.2) is 36.2 Å². The summed E-state index contributed by atoms with van der Waals surface area (Å²) in [5.74, 6) is -0.185. The Hall–Kier alpha value is -2.95. The normalized spacial score (nSPS) is 13.2. The van der Waals surface area contributed by atoms with Gasteiger partial charge in [-0.1, -0.05) is 24.3 Å². The monoisotopic (exact) mass is 295 g/mol. The van der Waals surface area contributed by atoms with Crippen LogP contribution < -0.4 is 4.74 Å². The number of hydrogen-bond donors (Lipinski definition) is 0. The molecular weight excluding hydrogens is 282 g/mol. The molecule has 1 aliphatic rings. The summed E-state index contributed by atoms with van der Waals surface area (Å²) in [6.07, 6.45) is 0.706. The molecule has 2 aromatic carbocycles. The van der Waals surface area contributed by atoms with E-state index in [2.05, 4.69) is 0 Å². The SMILES string of the molecule is O=Cc1ccccc1OCCN1C(=O)c2ccccc2C1=O. The highest BCUT2D eigenvalue weighted by atomic mass is 16.5. The van der Waals surface area contributed by atoms with Crippen molar-refractivity contribution >= 4 is 18.1 Å². The van der Waals surface area contributed by atoms with E-state index in [1.807, 2.05) is 0 Å². The van der Waals surface area contributed by atoms with Crippen LogP contribution in [0.4, 0.5) is 0 Å². The molecule has 0 aromatic heterocycles. The molecule has 0 unspecified atom stereocenters. The summed E-state index contributed by atoms with van der Waals surface area (Å²) in [5.41, 5.74) is 1.27. The third kappa shape index (κ3) is 2.37. The highest BCUT2D eigenvalue weighted by molar-refractivity contribution is 6.21. The van der Waals surface area contributed by atoms with Crippen LogP contribution in [0, 0.1) is 0 Å². The smallest absolute Gasteiger partial charge is 0.261 e. The number of rotatable bonds is 5. The molecule has 2 aromatic rings. The summed E-state index contributed by atoms with van der Waals surface area (Å²) in [5, 5.41) is 0. The van der Waals surface area contributed by atoms with E-state index in [9.17, 15) is 14.4 Å². The average molecular weight is 295 g/mol. The number of carbonyl (C=O) groups is 3. The van der Waals surface area contributed by atoms with Crippen molar-refractivity contribution in [2.45, 2.75) is 0 Å². The molecule has 5 nitrogen and oxygen atoms in total. The van der Waals surface area contributed by atoms with E-state index >= 15 is 0 Å². The summed E-state index contributed by atoms with van der Waals surface area (Å²) in [4.78, 5) is 36.4. The molecule has 0 saturated heterocycles. The second-order valence-electron chi connectivity index (χ2n) is 4.81. The van der Waals surface area contributed by atoms with Gasteiger partial charge in [0.25, 0.3) is 11.8 Å². The van der Waals surface area contributed by atoms with Crippen molar-refractivity contribution in [3.63, 3.8) is 0 Å². The minimum atomic E-state index is -0.312. The van der Waals surface area contributed by atoms with Gasteiger partial charge in [-0.05, 0) is 24.3 Å². The van der Waals surface area contributed by atoms with E-state index in [-0.39, 0.29) is 25.0 Å². The van der Waals surface area contributed by atoms with Crippen LogP contribution >= 0.6 is 0 Å². The Labute approximate surface area is 127 Å². The first-order valence-electron chi connectivity index (χ1n) is 6.84. The van der Waals surface area contributed by atoms with Crippen molar-refractivity contribution in [2.75, 3.05) is 13.2 Å². The minimum absolute atomic E-state index is 0.135. The number of hydrogen-bond acceptors (Lipinski definition) is 4. The van der Waals surface area contributed by atoms with E-state index < -0.39 is 0 Å². The summed E-state index contributed by atoms with van der Waals surface area (Å²) in [7, 11) is 0. The van der Waals surface area contributed by atoms with Crippen molar-refractivity contribution in [1.82, 2.24) is 4.90 Å². The molecular formula is C17H13NO4. The van der Waals surface area contributed by atoms with Crippen LogP contribution in [0.5, 0.6) is 5.75 Å². The number of para-hydroxylation sites is 1. The average Bonchev–Trinajstić information content (AvgIpc) is 2.80. The quantitative estimate of drug-likeness (QED) is 0.626. The van der Waals surface area contributed by atoms with Gasteiger partial charge in [0.1, 0.15) is 12.4 Å². The molecule has 1 aliphatic heterocycles. The highest BCUT2D eigenvalue weighted by Gasteiger charge is 2.34. The summed E-state index contributed by atoms with van der Waals surface area (Å²) in [6.45, 7) is 0.274. The molecule has 0 N–H and O–H groups in total. The fourth-order valence-electron chi connectivity index (χ4n) is 2.40. The van der Waals surface area contributed by atoms with E-state index in [1.165, 1.54) is 0 Å². The molecule has 0 bridgehead atoms. The Morgan fingerprint density at radius 1 is 0.909 bits per heavy atom. The van der Waals surface area contributed by atoms with Gasteiger partial charge in [0.2, 0.25) is 0 Å². The summed E-state index contributed by atoms with van der Waals surface area (Å²) < 4.78 is 5.51. The molecule has 0 radical (unpaired) electrons. The van der Waals surface area contributed by atoms with Crippen LogP contribution in [0.15, 0.2) is 48.5 Å². The summed E-state index contributed by atoms with van der Waals surface area (Å²) >= 11 is 0. The maximum absolute atomic E-state index is 12.2. The van der Waals surface area contributed by atoms with Gasteiger partial charge in [-0.15, -0.1) is 0 Å². The lowest BCUT2D eigenvalue weighted by Gasteiger charge is -2.15. The Balaban J connectivity index is 1.67. The predicted molar refractivity (Wildman–Crippen MR) is 79.1 cm³/mol. The zero-order valence-corrected chi connectivity index (χ0v) is 11.7. The standard InChI is InChI=1S/C17H13NO4/c19-11-12-5-1-4-8-15(12)22-10-9-18-16(20)13-6-2-3-7-14(13)17(18)21/h1-8,11H,9-10H2. The van der Waals surface area contributed by atoms with E-state index in [0.717, 1.165) is 4.90 Å². The molecule has 0 fully saturated rings. The molecule has 22 heavy (non-hydrogen) atoms. The molecule has 3 rings (SSSR count). The lowest BCUT2D eigenvalue weighted by Crippen LogP contribution is -2.33. The third-order valence-corrected chi connectivity index (χ3v) is 3.50. The zero-order chi connectivity index (χ0) is 15.5. The maximum atomic E-state index is 12.2. The van der Waals surface area contributed by atoms with Gasteiger partial charge in [-0.3, -0.25) is 19.3 Å². The van der Waals surface area contributed by atoms with Crippen molar-refractivity contribution in [1.29, 1.82) is 0 Å². The molecule has 0 saturated carbocycles. The van der Waals surface area contributed by atoms with Crippen LogP contribution in [-0.2, 0) is 0 Å². The van der Waals surface area contributed by atoms with Crippen molar-refractivity contribution in [3.05, 3.63) is 65.2 Å². The fourth-order valence-corrected chi connectivity index (χ4v) is 2.40. The van der Waals surface area contributed by atoms with Crippen molar-refractivity contribution in [3.8, 4) is 5.75 Å². The molecule has 2 amide bonds. The van der Waals surface area contributed by atoms with Gasteiger partial charge in [0, 0.05) is 0 Å². The Bertz CT molecular complexity index is 719. The van der Waals surface area contributed by atoms with Gasteiger partial charge in [0.15, 0.2) is 6.29 Å². The number of ether oxygens (including phenoxy) is 1. The van der Waals surface area contributed by atoms with Gasteiger partial charge in [-0.25, -0.2) is 0 Å². The third-order valence-electron chi connectivity index (χ3n) is 3.50. The van der Waals surface area contributed by atoms with Gasteiger partial charge in [-0.2, -0.15) is 0 Å². The molecule has 1 heterocycles. The lowest BCUT2D eigenvalue weighted by atomic mass is 10.1. The first kappa shape index (κ1) is 14.0. The first-order chi connectivity index (χ1) is 10.7. The molecule has 0 aliphatic carbocycles. The first-order valence-corrected chi connectivity index (χ1v) is 6.84.